The third-order valence-electron chi connectivity index (χ3n) is 5.54. The van der Waals surface area contributed by atoms with Crippen molar-refractivity contribution in [1.82, 2.24) is 0 Å². The normalized spacial score (nSPS) is 16.1. The molecule has 3 rings (SSSR count). The number of rotatable bonds is 4. The fourth-order valence-corrected chi connectivity index (χ4v) is 3.98. The Hall–Kier alpha value is -2.09. The SMILES string of the molecule is CC(C)(c1ccc(C2CCCCC2)cc1)c1ccccc1C(=O)O. The van der Waals surface area contributed by atoms with Crippen molar-refractivity contribution in [2.45, 2.75) is 57.3 Å². The Morgan fingerprint density at radius 1 is 0.958 bits per heavy atom. The van der Waals surface area contributed by atoms with Crippen LogP contribution in [0.1, 0.15) is 78.9 Å². The minimum atomic E-state index is -0.863. The van der Waals surface area contributed by atoms with Crippen LogP contribution in [-0.2, 0) is 5.41 Å². The van der Waals surface area contributed by atoms with Gasteiger partial charge in [0.2, 0.25) is 0 Å². The Morgan fingerprint density at radius 3 is 2.21 bits per heavy atom. The van der Waals surface area contributed by atoms with Crippen molar-refractivity contribution in [3.05, 3.63) is 70.8 Å². The predicted molar refractivity (Wildman–Crippen MR) is 97.8 cm³/mol. The number of benzene rings is 2. The van der Waals surface area contributed by atoms with Crippen LogP contribution in [0.4, 0.5) is 0 Å². The van der Waals surface area contributed by atoms with Gasteiger partial charge in [-0.1, -0.05) is 75.6 Å². The fraction of sp³-hybridized carbons (Fsp3) is 0.409. The van der Waals surface area contributed by atoms with Gasteiger partial charge in [-0.25, -0.2) is 4.79 Å². The molecular weight excluding hydrogens is 296 g/mol. The third kappa shape index (κ3) is 3.24. The molecule has 0 bridgehead atoms. The van der Waals surface area contributed by atoms with E-state index in [4.69, 9.17) is 0 Å². The van der Waals surface area contributed by atoms with E-state index >= 15 is 0 Å². The summed E-state index contributed by atoms with van der Waals surface area (Å²) in [5.41, 5.74) is 3.51. The van der Waals surface area contributed by atoms with Gasteiger partial charge in [-0.05, 0) is 41.5 Å². The number of carbonyl (C=O) groups is 1. The van der Waals surface area contributed by atoms with E-state index in [1.807, 2.05) is 12.1 Å². The van der Waals surface area contributed by atoms with E-state index in [0.29, 0.717) is 11.5 Å². The number of carboxylic acids is 1. The Morgan fingerprint density at radius 2 is 1.58 bits per heavy atom. The zero-order valence-electron chi connectivity index (χ0n) is 14.6. The summed E-state index contributed by atoms with van der Waals surface area (Å²) in [6.07, 6.45) is 6.64. The zero-order chi connectivity index (χ0) is 17.2. The lowest BCUT2D eigenvalue weighted by molar-refractivity contribution is 0.0694. The van der Waals surface area contributed by atoms with Gasteiger partial charge < -0.3 is 5.11 Å². The second-order valence-electron chi connectivity index (χ2n) is 7.43. The maximum Gasteiger partial charge on any atom is 0.335 e. The monoisotopic (exact) mass is 322 g/mol. The molecule has 0 radical (unpaired) electrons. The molecule has 0 spiro atoms. The Bertz CT molecular complexity index is 707. The first-order chi connectivity index (χ1) is 11.5. The van der Waals surface area contributed by atoms with E-state index in [-0.39, 0.29) is 5.41 Å². The first kappa shape index (κ1) is 16.8. The molecular formula is C22H26O2. The van der Waals surface area contributed by atoms with Gasteiger partial charge in [0.05, 0.1) is 5.56 Å². The van der Waals surface area contributed by atoms with Crippen molar-refractivity contribution in [3.63, 3.8) is 0 Å². The first-order valence-electron chi connectivity index (χ1n) is 8.93. The van der Waals surface area contributed by atoms with Crippen LogP contribution in [0.5, 0.6) is 0 Å². The smallest absolute Gasteiger partial charge is 0.335 e. The molecule has 2 aromatic rings. The van der Waals surface area contributed by atoms with Crippen LogP contribution in [0.3, 0.4) is 0 Å². The average molecular weight is 322 g/mol. The van der Waals surface area contributed by atoms with Crippen LogP contribution in [0, 0.1) is 0 Å². The highest BCUT2D eigenvalue weighted by atomic mass is 16.4. The molecule has 0 aliphatic heterocycles. The van der Waals surface area contributed by atoms with Gasteiger partial charge in [-0.2, -0.15) is 0 Å². The van der Waals surface area contributed by atoms with E-state index in [2.05, 4.69) is 38.1 Å². The summed E-state index contributed by atoms with van der Waals surface area (Å²) in [4.78, 5) is 11.6. The maximum absolute atomic E-state index is 11.6. The molecule has 126 valence electrons. The highest BCUT2D eigenvalue weighted by molar-refractivity contribution is 5.90. The van der Waals surface area contributed by atoms with Gasteiger partial charge in [-0.3, -0.25) is 0 Å². The lowest BCUT2D eigenvalue weighted by Crippen LogP contribution is -2.22. The van der Waals surface area contributed by atoms with Gasteiger partial charge in [0.15, 0.2) is 0 Å². The Kier molecular flexibility index (Phi) is 4.75. The molecule has 1 fully saturated rings. The highest BCUT2D eigenvalue weighted by Crippen LogP contribution is 2.36. The number of aromatic carboxylic acids is 1. The van der Waals surface area contributed by atoms with E-state index in [0.717, 1.165) is 11.1 Å². The Labute approximate surface area is 144 Å². The van der Waals surface area contributed by atoms with Gasteiger partial charge >= 0.3 is 5.97 Å². The quantitative estimate of drug-likeness (QED) is 0.777. The largest absolute Gasteiger partial charge is 0.478 e. The van der Waals surface area contributed by atoms with Crippen LogP contribution < -0.4 is 0 Å². The van der Waals surface area contributed by atoms with Gasteiger partial charge in [0.25, 0.3) is 0 Å². The van der Waals surface area contributed by atoms with Crippen molar-refractivity contribution in [1.29, 1.82) is 0 Å². The van der Waals surface area contributed by atoms with Gasteiger partial charge in [0.1, 0.15) is 0 Å². The van der Waals surface area contributed by atoms with Crippen molar-refractivity contribution in [2.75, 3.05) is 0 Å². The lowest BCUT2D eigenvalue weighted by Gasteiger charge is -2.29. The van der Waals surface area contributed by atoms with E-state index in [1.54, 1.807) is 12.1 Å². The topological polar surface area (TPSA) is 37.3 Å². The Balaban J connectivity index is 1.91. The van der Waals surface area contributed by atoms with Crippen molar-refractivity contribution < 1.29 is 9.90 Å². The molecule has 0 amide bonds. The molecule has 0 atom stereocenters. The molecule has 24 heavy (non-hydrogen) atoms. The molecule has 1 aliphatic rings. The predicted octanol–water partition coefficient (Wildman–Crippen LogP) is 5.76. The zero-order valence-corrected chi connectivity index (χ0v) is 14.6. The van der Waals surface area contributed by atoms with Crippen LogP contribution in [0.15, 0.2) is 48.5 Å². The minimum Gasteiger partial charge on any atom is -0.478 e. The molecule has 0 heterocycles. The molecule has 2 heteroatoms. The molecule has 0 unspecified atom stereocenters. The van der Waals surface area contributed by atoms with Crippen LogP contribution >= 0.6 is 0 Å². The molecule has 1 saturated carbocycles. The maximum atomic E-state index is 11.6. The minimum absolute atomic E-state index is 0.333. The van der Waals surface area contributed by atoms with Crippen molar-refractivity contribution in [3.8, 4) is 0 Å². The number of carboxylic acid groups (broad SMARTS) is 1. The van der Waals surface area contributed by atoms with Gasteiger partial charge in [-0.15, -0.1) is 0 Å². The third-order valence-corrected chi connectivity index (χ3v) is 5.54. The highest BCUT2D eigenvalue weighted by Gasteiger charge is 2.28. The summed E-state index contributed by atoms with van der Waals surface area (Å²) in [6, 6.07) is 16.2. The summed E-state index contributed by atoms with van der Waals surface area (Å²) < 4.78 is 0. The molecule has 1 N–H and O–H groups in total. The molecule has 0 aromatic heterocycles. The molecule has 2 nitrogen and oxygen atoms in total. The average Bonchev–Trinajstić information content (AvgIpc) is 2.62. The number of hydrogen-bond donors (Lipinski definition) is 1. The second kappa shape index (κ2) is 6.80. The van der Waals surface area contributed by atoms with Crippen molar-refractivity contribution >= 4 is 5.97 Å². The molecule has 0 saturated heterocycles. The van der Waals surface area contributed by atoms with E-state index < -0.39 is 5.97 Å². The van der Waals surface area contributed by atoms with Crippen LogP contribution in [-0.4, -0.2) is 11.1 Å². The van der Waals surface area contributed by atoms with E-state index in [9.17, 15) is 9.90 Å². The summed E-state index contributed by atoms with van der Waals surface area (Å²) in [6.45, 7) is 4.20. The van der Waals surface area contributed by atoms with Crippen LogP contribution in [0.2, 0.25) is 0 Å². The second-order valence-corrected chi connectivity index (χ2v) is 7.43. The van der Waals surface area contributed by atoms with Crippen LogP contribution in [0.25, 0.3) is 0 Å². The fourth-order valence-electron chi connectivity index (χ4n) is 3.98. The summed E-state index contributed by atoms with van der Waals surface area (Å²) in [5.74, 6) is -0.167. The molecule has 2 aromatic carbocycles. The van der Waals surface area contributed by atoms with E-state index in [1.165, 1.54) is 37.7 Å². The summed E-state index contributed by atoms with van der Waals surface area (Å²) in [7, 11) is 0. The standard InChI is InChI=1S/C22H26O2/c1-22(2,20-11-7-6-10-19(20)21(23)24)18-14-12-17(13-15-18)16-8-4-3-5-9-16/h6-7,10-16H,3-5,8-9H2,1-2H3,(H,23,24). The van der Waals surface area contributed by atoms with Gasteiger partial charge in [0, 0.05) is 5.41 Å². The first-order valence-corrected chi connectivity index (χ1v) is 8.93. The van der Waals surface area contributed by atoms with Crippen molar-refractivity contribution in [2.24, 2.45) is 0 Å². The lowest BCUT2D eigenvalue weighted by atomic mass is 9.75. The summed E-state index contributed by atoms with van der Waals surface area (Å²) in [5, 5.41) is 9.49. The molecule has 1 aliphatic carbocycles. The summed E-state index contributed by atoms with van der Waals surface area (Å²) >= 11 is 0. The number of hydrogen-bond acceptors (Lipinski definition) is 1.